The molecular formula is C34H27N3O4. The first kappa shape index (κ1) is 25.7. The van der Waals surface area contributed by atoms with Crippen molar-refractivity contribution in [2.45, 2.75) is 0 Å². The van der Waals surface area contributed by atoms with E-state index in [1.807, 2.05) is 72.8 Å². The Labute approximate surface area is 237 Å². The van der Waals surface area contributed by atoms with Crippen LogP contribution in [0.15, 0.2) is 119 Å². The predicted octanol–water partition coefficient (Wildman–Crippen LogP) is 7.39. The Morgan fingerprint density at radius 1 is 0.659 bits per heavy atom. The van der Waals surface area contributed by atoms with Gasteiger partial charge >= 0.3 is 0 Å². The second kappa shape index (κ2) is 10.9. The number of hydrogen-bond acceptors (Lipinski definition) is 5. The van der Waals surface area contributed by atoms with E-state index in [2.05, 4.69) is 4.98 Å². The molecule has 4 aromatic carbocycles. The first-order chi connectivity index (χ1) is 20.0. The van der Waals surface area contributed by atoms with Crippen molar-refractivity contribution in [2.75, 3.05) is 14.2 Å². The van der Waals surface area contributed by atoms with Gasteiger partial charge in [-0.3, -0.25) is 0 Å². The van der Waals surface area contributed by atoms with E-state index in [0.717, 1.165) is 22.3 Å². The molecule has 2 heterocycles. The summed E-state index contributed by atoms with van der Waals surface area (Å²) in [5, 5.41) is 21.5. The lowest BCUT2D eigenvalue weighted by molar-refractivity contribution is 0.407. The number of rotatable bonds is 7. The van der Waals surface area contributed by atoms with E-state index in [-0.39, 0.29) is 11.5 Å². The lowest BCUT2D eigenvalue weighted by Gasteiger charge is -2.05. The van der Waals surface area contributed by atoms with Gasteiger partial charge in [0.05, 0.1) is 25.6 Å². The molecule has 7 nitrogen and oxygen atoms in total. The number of allylic oxidation sites excluding steroid dienone is 1. The fourth-order valence-corrected chi connectivity index (χ4v) is 4.80. The van der Waals surface area contributed by atoms with E-state index in [9.17, 15) is 10.2 Å². The number of methoxy groups -OCH3 is 2. The van der Waals surface area contributed by atoms with E-state index in [4.69, 9.17) is 19.5 Å². The summed E-state index contributed by atoms with van der Waals surface area (Å²) in [4.78, 5) is 13.3. The molecule has 41 heavy (non-hydrogen) atoms. The van der Waals surface area contributed by atoms with Gasteiger partial charge in [-0.05, 0) is 47.5 Å². The first-order valence-corrected chi connectivity index (χ1v) is 13.0. The Bertz CT molecular complexity index is 1820. The topological polar surface area (TPSA) is 99.4 Å². The third-order valence-corrected chi connectivity index (χ3v) is 6.91. The maximum Gasteiger partial charge on any atom is 0.162 e. The van der Waals surface area contributed by atoms with E-state index < -0.39 is 0 Å². The average molecular weight is 542 g/mol. The number of aromatic nitrogens is 1. The van der Waals surface area contributed by atoms with Gasteiger partial charge < -0.3 is 24.7 Å². The second-order valence-corrected chi connectivity index (χ2v) is 9.43. The Hall–Kier alpha value is -5.56. The van der Waals surface area contributed by atoms with Gasteiger partial charge in [-0.15, -0.1) is 0 Å². The van der Waals surface area contributed by atoms with Crippen LogP contribution in [0.3, 0.4) is 0 Å². The Balaban J connectivity index is 1.52. The maximum atomic E-state index is 10.7. The third-order valence-electron chi connectivity index (χ3n) is 6.91. The molecule has 0 aliphatic carbocycles. The van der Waals surface area contributed by atoms with E-state index >= 15 is 0 Å². The summed E-state index contributed by atoms with van der Waals surface area (Å²) in [6, 6.07) is 32.1. The van der Waals surface area contributed by atoms with Gasteiger partial charge in [-0.2, -0.15) is 0 Å². The second-order valence-electron chi connectivity index (χ2n) is 9.43. The van der Waals surface area contributed by atoms with Gasteiger partial charge in [0, 0.05) is 34.4 Å². The molecule has 7 heteroatoms. The van der Waals surface area contributed by atoms with Gasteiger partial charge in [0.15, 0.2) is 5.84 Å². The molecule has 0 unspecified atom stereocenters. The standard InChI is InChI=1S/C34H27N3O4/c1-40-23-13-15-25(31(38)17-23)29-19-27(21-9-5-3-6-10-21)33(35-29)37-34-28(22-11-7-4-8-12-22)20-30(36-34)26-16-14-24(41-2)18-32(26)39/h3-20,35,38-39H,1-2H3/b37-34-. The summed E-state index contributed by atoms with van der Waals surface area (Å²) >= 11 is 0. The number of nitrogens with one attached hydrogen (secondary N) is 1. The molecule has 0 amide bonds. The minimum atomic E-state index is 0.0649. The van der Waals surface area contributed by atoms with Crippen molar-refractivity contribution >= 4 is 22.9 Å². The van der Waals surface area contributed by atoms with Crippen molar-refractivity contribution in [3.05, 3.63) is 120 Å². The smallest absolute Gasteiger partial charge is 0.162 e. The molecule has 0 bridgehead atoms. The number of phenols is 2. The van der Waals surface area contributed by atoms with Gasteiger partial charge in [-0.1, -0.05) is 60.7 Å². The Morgan fingerprint density at radius 3 is 1.83 bits per heavy atom. The number of aliphatic imine (C=N–C) groups is 2. The van der Waals surface area contributed by atoms with Crippen LogP contribution in [0.4, 0.5) is 5.82 Å². The fraction of sp³-hybridized carbons (Fsp3) is 0.0588. The number of H-pyrrole nitrogens is 1. The number of aromatic amines is 1. The summed E-state index contributed by atoms with van der Waals surface area (Å²) in [6.45, 7) is 0. The summed E-state index contributed by atoms with van der Waals surface area (Å²) in [6.07, 6.45) is 1.93. The highest BCUT2D eigenvalue weighted by molar-refractivity contribution is 6.38. The van der Waals surface area contributed by atoms with Crippen LogP contribution < -0.4 is 9.47 Å². The number of ether oxygens (including phenoxy) is 2. The SMILES string of the molecule is COc1ccc(C2=N/C(=N\c3[nH]c(-c4ccc(OC)cc4O)cc3-c3ccccc3)C(c3ccccc3)=C2)c(O)c1. The van der Waals surface area contributed by atoms with Crippen LogP contribution in [-0.2, 0) is 0 Å². The molecule has 0 atom stereocenters. The summed E-state index contributed by atoms with van der Waals surface area (Å²) in [7, 11) is 3.12. The van der Waals surface area contributed by atoms with Gasteiger partial charge in [0.1, 0.15) is 28.8 Å². The number of amidine groups is 1. The Morgan fingerprint density at radius 2 is 1.24 bits per heavy atom. The number of hydrogen-bond donors (Lipinski definition) is 3. The Kier molecular flexibility index (Phi) is 6.83. The van der Waals surface area contributed by atoms with E-state index in [1.165, 1.54) is 0 Å². The van der Waals surface area contributed by atoms with Gasteiger partial charge in [0.2, 0.25) is 0 Å². The van der Waals surface area contributed by atoms with Crippen LogP contribution in [0.1, 0.15) is 11.1 Å². The van der Waals surface area contributed by atoms with E-state index in [1.54, 1.807) is 50.6 Å². The van der Waals surface area contributed by atoms with Crippen molar-refractivity contribution in [3.8, 4) is 45.4 Å². The molecule has 0 spiro atoms. The highest BCUT2D eigenvalue weighted by Crippen LogP contribution is 2.40. The van der Waals surface area contributed by atoms with Crippen molar-refractivity contribution in [3.63, 3.8) is 0 Å². The van der Waals surface area contributed by atoms with Crippen molar-refractivity contribution in [1.82, 2.24) is 4.98 Å². The molecule has 0 radical (unpaired) electrons. The molecule has 1 aromatic heterocycles. The highest BCUT2D eigenvalue weighted by Gasteiger charge is 2.23. The molecule has 1 aliphatic rings. The van der Waals surface area contributed by atoms with E-state index in [0.29, 0.717) is 45.7 Å². The monoisotopic (exact) mass is 541 g/mol. The third kappa shape index (κ3) is 5.08. The number of benzene rings is 4. The van der Waals surface area contributed by atoms with Crippen LogP contribution in [0, 0.1) is 0 Å². The zero-order valence-corrected chi connectivity index (χ0v) is 22.5. The summed E-state index contributed by atoms with van der Waals surface area (Å²) in [5.74, 6) is 2.35. The number of aromatic hydroxyl groups is 2. The molecule has 0 saturated heterocycles. The van der Waals surface area contributed by atoms with Crippen LogP contribution in [0.5, 0.6) is 23.0 Å². The average Bonchev–Trinajstić information content (AvgIpc) is 3.62. The predicted molar refractivity (Wildman–Crippen MR) is 163 cm³/mol. The molecule has 5 aromatic rings. The summed E-state index contributed by atoms with van der Waals surface area (Å²) < 4.78 is 10.5. The van der Waals surface area contributed by atoms with Gasteiger partial charge in [-0.25, -0.2) is 9.98 Å². The van der Waals surface area contributed by atoms with Crippen molar-refractivity contribution < 1.29 is 19.7 Å². The largest absolute Gasteiger partial charge is 0.507 e. The molecule has 1 aliphatic heterocycles. The van der Waals surface area contributed by atoms with Crippen LogP contribution >= 0.6 is 0 Å². The van der Waals surface area contributed by atoms with Crippen molar-refractivity contribution in [1.29, 1.82) is 0 Å². The van der Waals surface area contributed by atoms with Gasteiger partial charge in [0.25, 0.3) is 0 Å². The lowest BCUT2D eigenvalue weighted by Crippen LogP contribution is -1.96. The number of phenolic OH excluding ortho intramolecular Hbond substituents is 2. The van der Waals surface area contributed by atoms with Crippen molar-refractivity contribution in [2.24, 2.45) is 9.98 Å². The molecular weight excluding hydrogens is 514 g/mol. The maximum absolute atomic E-state index is 10.7. The quantitative estimate of drug-likeness (QED) is 0.200. The molecule has 0 saturated carbocycles. The fourth-order valence-electron chi connectivity index (χ4n) is 4.80. The lowest BCUT2D eigenvalue weighted by atomic mass is 10.0. The zero-order valence-electron chi connectivity index (χ0n) is 22.5. The minimum absolute atomic E-state index is 0.0649. The molecule has 6 rings (SSSR count). The molecule has 0 fully saturated rings. The summed E-state index contributed by atoms with van der Waals surface area (Å²) in [5.41, 5.74) is 6.05. The minimum Gasteiger partial charge on any atom is -0.507 e. The zero-order chi connectivity index (χ0) is 28.3. The van der Waals surface area contributed by atoms with Crippen LogP contribution in [0.2, 0.25) is 0 Å². The normalized spacial score (nSPS) is 13.7. The first-order valence-electron chi connectivity index (χ1n) is 13.0. The number of nitrogens with zero attached hydrogens (tertiary/aromatic N) is 2. The highest BCUT2D eigenvalue weighted by atomic mass is 16.5. The molecule has 3 N–H and O–H groups in total. The molecule has 202 valence electrons. The van der Waals surface area contributed by atoms with Crippen LogP contribution in [0.25, 0.3) is 28.0 Å². The van der Waals surface area contributed by atoms with Crippen LogP contribution in [-0.4, -0.2) is 41.0 Å².